The van der Waals surface area contributed by atoms with Gasteiger partial charge in [0.05, 0.1) is 7.11 Å². The van der Waals surface area contributed by atoms with Gasteiger partial charge < -0.3 is 19.9 Å². The van der Waals surface area contributed by atoms with E-state index in [1.54, 1.807) is 16.7 Å². The molecule has 2 amide bonds. The van der Waals surface area contributed by atoms with E-state index in [2.05, 4.69) is 10.2 Å². The van der Waals surface area contributed by atoms with Crippen LogP contribution < -0.4 is 10.2 Å². The molecule has 25 heavy (non-hydrogen) atoms. The average molecular weight is 386 g/mol. The van der Waals surface area contributed by atoms with Gasteiger partial charge in [0.1, 0.15) is 6.04 Å². The number of rotatable bonds is 6. The molecule has 138 valence electrons. The van der Waals surface area contributed by atoms with Gasteiger partial charge in [0.15, 0.2) is 0 Å². The van der Waals surface area contributed by atoms with E-state index >= 15 is 0 Å². The third-order valence-corrected chi connectivity index (χ3v) is 5.01. The van der Waals surface area contributed by atoms with Crippen LogP contribution in [-0.4, -0.2) is 68.2 Å². The highest BCUT2D eigenvalue weighted by molar-refractivity contribution is 7.98. The number of hydrogen-bond acceptors (Lipinski definition) is 5. The number of nitrogens with one attached hydrogen (secondary N) is 1. The Bertz CT molecular complexity index is 594. The molecule has 0 radical (unpaired) electrons. The zero-order valence-electron chi connectivity index (χ0n) is 14.5. The van der Waals surface area contributed by atoms with Crippen molar-refractivity contribution in [2.24, 2.45) is 0 Å². The Morgan fingerprint density at radius 2 is 2.04 bits per heavy atom. The molecule has 1 heterocycles. The minimum absolute atomic E-state index is 0.220. The maximum Gasteiger partial charge on any atom is 0.328 e. The number of thioether (sulfide) groups is 1. The lowest BCUT2D eigenvalue weighted by Gasteiger charge is -2.36. The normalized spacial score (nSPS) is 15.6. The fourth-order valence-electron chi connectivity index (χ4n) is 2.71. The molecule has 1 N–H and O–H groups in total. The molecule has 0 unspecified atom stereocenters. The van der Waals surface area contributed by atoms with Crippen molar-refractivity contribution in [3.63, 3.8) is 0 Å². The van der Waals surface area contributed by atoms with Crippen LogP contribution in [0.5, 0.6) is 0 Å². The second-order valence-corrected chi connectivity index (χ2v) is 7.18. The first kappa shape index (κ1) is 19.7. The number of ether oxygens (including phenoxy) is 1. The number of anilines is 1. The first-order valence-electron chi connectivity index (χ1n) is 8.18. The van der Waals surface area contributed by atoms with Crippen molar-refractivity contribution in [3.8, 4) is 0 Å². The summed E-state index contributed by atoms with van der Waals surface area (Å²) >= 11 is 7.67. The van der Waals surface area contributed by atoms with Gasteiger partial charge in [0, 0.05) is 36.9 Å². The van der Waals surface area contributed by atoms with Crippen LogP contribution in [0, 0.1) is 0 Å². The summed E-state index contributed by atoms with van der Waals surface area (Å²) in [6.07, 6.45) is 2.52. The Hall–Kier alpha value is -1.60. The first-order chi connectivity index (χ1) is 12.0. The molecule has 0 aromatic heterocycles. The smallest absolute Gasteiger partial charge is 0.328 e. The minimum Gasteiger partial charge on any atom is -0.467 e. The van der Waals surface area contributed by atoms with E-state index in [4.69, 9.17) is 16.3 Å². The Morgan fingerprint density at radius 3 is 2.64 bits per heavy atom. The number of nitrogens with zero attached hydrogens (tertiary/aromatic N) is 2. The lowest BCUT2D eigenvalue weighted by molar-refractivity contribution is -0.142. The predicted molar refractivity (Wildman–Crippen MR) is 103 cm³/mol. The van der Waals surface area contributed by atoms with Crippen molar-refractivity contribution >= 4 is 41.1 Å². The first-order valence-corrected chi connectivity index (χ1v) is 9.95. The second-order valence-electron chi connectivity index (χ2n) is 5.76. The Morgan fingerprint density at radius 1 is 1.32 bits per heavy atom. The van der Waals surface area contributed by atoms with Crippen LogP contribution in [-0.2, 0) is 9.53 Å². The lowest BCUT2D eigenvalue weighted by atomic mass is 10.2. The molecule has 1 atom stereocenters. The van der Waals surface area contributed by atoms with Gasteiger partial charge in [-0.3, -0.25) is 0 Å². The molecule has 8 heteroatoms. The standard InChI is InChI=1S/C17H24ClN3O3S/c1-24-16(22)15(6-11-25-2)19-17(23)21-9-7-20(8-10-21)14-5-3-4-13(18)12-14/h3-5,12,15H,6-11H2,1-2H3,(H,19,23)/t15-/m0/s1. The van der Waals surface area contributed by atoms with E-state index in [1.807, 2.05) is 30.5 Å². The monoisotopic (exact) mass is 385 g/mol. The predicted octanol–water partition coefficient (Wildman–Crippen LogP) is 2.47. The maximum absolute atomic E-state index is 12.4. The van der Waals surface area contributed by atoms with Gasteiger partial charge >= 0.3 is 12.0 Å². The molecule has 2 rings (SSSR count). The number of carbonyl (C=O) groups excluding carboxylic acids is 2. The van der Waals surface area contributed by atoms with Crippen LogP contribution in [0.25, 0.3) is 0 Å². The summed E-state index contributed by atoms with van der Waals surface area (Å²) in [7, 11) is 1.34. The van der Waals surface area contributed by atoms with Gasteiger partial charge in [-0.1, -0.05) is 17.7 Å². The van der Waals surface area contributed by atoms with Crippen LogP contribution in [0.4, 0.5) is 10.5 Å². The zero-order valence-corrected chi connectivity index (χ0v) is 16.1. The molecular weight excluding hydrogens is 362 g/mol. The van der Waals surface area contributed by atoms with Gasteiger partial charge in [-0.25, -0.2) is 9.59 Å². The molecule has 1 aliphatic rings. The molecule has 0 spiro atoms. The molecule has 1 aromatic carbocycles. The fraction of sp³-hybridized carbons (Fsp3) is 0.529. The van der Waals surface area contributed by atoms with Gasteiger partial charge in [-0.05, 0) is 36.6 Å². The largest absolute Gasteiger partial charge is 0.467 e. The fourth-order valence-corrected chi connectivity index (χ4v) is 3.36. The van der Waals surface area contributed by atoms with Gasteiger partial charge in [-0.2, -0.15) is 11.8 Å². The second kappa shape index (κ2) is 9.77. The minimum atomic E-state index is -0.601. The Kier molecular flexibility index (Phi) is 7.71. The van der Waals surface area contributed by atoms with Gasteiger partial charge in [0.2, 0.25) is 0 Å². The van der Waals surface area contributed by atoms with Crippen molar-refractivity contribution in [2.45, 2.75) is 12.5 Å². The maximum atomic E-state index is 12.4. The van der Waals surface area contributed by atoms with Crippen LogP contribution in [0.1, 0.15) is 6.42 Å². The summed E-state index contributed by atoms with van der Waals surface area (Å²) < 4.78 is 4.78. The van der Waals surface area contributed by atoms with Crippen LogP contribution in [0.3, 0.4) is 0 Å². The molecule has 6 nitrogen and oxygen atoms in total. The quantitative estimate of drug-likeness (QED) is 0.762. The summed E-state index contributed by atoms with van der Waals surface area (Å²) in [5.41, 5.74) is 1.06. The topological polar surface area (TPSA) is 61.9 Å². The zero-order chi connectivity index (χ0) is 18.2. The highest BCUT2D eigenvalue weighted by Crippen LogP contribution is 2.20. The van der Waals surface area contributed by atoms with Crippen molar-refractivity contribution in [1.29, 1.82) is 0 Å². The Labute approximate surface area is 157 Å². The summed E-state index contributed by atoms with van der Waals surface area (Å²) in [4.78, 5) is 28.2. The highest BCUT2D eigenvalue weighted by Gasteiger charge is 2.26. The van der Waals surface area contributed by atoms with Gasteiger partial charge in [0.25, 0.3) is 0 Å². The Balaban J connectivity index is 1.88. The number of benzene rings is 1. The van der Waals surface area contributed by atoms with Crippen LogP contribution >= 0.6 is 23.4 Å². The third kappa shape index (κ3) is 5.71. The molecular formula is C17H24ClN3O3S. The number of hydrogen-bond donors (Lipinski definition) is 1. The van der Waals surface area contributed by atoms with E-state index in [-0.39, 0.29) is 6.03 Å². The van der Waals surface area contributed by atoms with Crippen molar-refractivity contribution in [3.05, 3.63) is 29.3 Å². The van der Waals surface area contributed by atoms with E-state index in [9.17, 15) is 9.59 Å². The lowest BCUT2D eigenvalue weighted by Crippen LogP contribution is -2.55. The number of methoxy groups -OCH3 is 1. The number of esters is 1. The van der Waals surface area contributed by atoms with E-state index in [0.717, 1.165) is 24.5 Å². The number of carbonyl (C=O) groups is 2. The summed E-state index contributed by atoms with van der Waals surface area (Å²) in [5.74, 6) is 0.378. The number of halogens is 1. The molecule has 1 fully saturated rings. The molecule has 0 bridgehead atoms. The highest BCUT2D eigenvalue weighted by atomic mass is 35.5. The van der Waals surface area contributed by atoms with Crippen molar-refractivity contribution < 1.29 is 14.3 Å². The number of piperazine rings is 1. The van der Waals surface area contributed by atoms with E-state index < -0.39 is 12.0 Å². The van der Waals surface area contributed by atoms with Crippen LogP contribution in [0.2, 0.25) is 5.02 Å². The average Bonchev–Trinajstić information content (AvgIpc) is 2.64. The molecule has 1 saturated heterocycles. The molecule has 1 aromatic rings. The number of urea groups is 1. The van der Waals surface area contributed by atoms with Crippen molar-refractivity contribution in [1.82, 2.24) is 10.2 Å². The van der Waals surface area contributed by atoms with E-state index in [1.165, 1.54) is 7.11 Å². The third-order valence-electron chi connectivity index (χ3n) is 4.13. The summed E-state index contributed by atoms with van der Waals surface area (Å²) in [6.45, 7) is 2.63. The van der Waals surface area contributed by atoms with E-state index in [0.29, 0.717) is 24.5 Å². The summed E-state index contributed by atoms with van der Waals surface area (Å²) in [5, 5.41) is 3.50. The number of amides is 2. The molecule has 1 aliphatic heterocycles. The molecule has 0 aliphatic carbocycles. The SMILES string of the molecule is COC(=O)[C@H](CCSC)NC(=O)N1CCN(c2cccc(Cl)c2)CC1. The van der Waals surface area contributed by atoms with Gasteiger partial charge in [-0.15, -0.1) is 0 Å². The summed E-state index contributed by atoms with van der Waals surface area (Å²) in [6, 6.07) is 6.88. The molecule has 0 saturated carbocycles. The van der Waals surface area contributed by atoms with Crippen molar-refractivity contribution in [2.75, 3.05) is 50.2 Å². The van der Waals surface area contributed by atoms with Crippen LogP contribution in [0.15, 0.2) is 24.3 Å².